The number of methoxy groups -OCH3 is 1. The van der Waals surface area contributed by atoms with Gasteiger partial charge in [0.1, 0.15) is 13.7 Å². The van der Waals surface area contributed by atoms with Crippen LogP contribution in [0.1, 0.15) is 6.42 Å². The molecule has 0 saturated carbocycles. The number of ether oxygens (including phenoxy) is 2. The van der Waals surface area contributed by atoms with E-state index in [4.69, 9.17) is 21.8 Å². The summed E-state index contributed by atoms with van der Waals surface area (Å²) in [5, 5.41) is 0. The third-order valence-corrected chi connectivity index (χ3v) is 2.79. The van der Waals surface area contributed by atoms with Gasteiger partial charge in [-0.25, -0.2) is 0 Å². The summed E-state index contributed by atoms with van der Waals surface area (Å²) in [5.74, 6) is -0.186. The topological polar surface area (TPSA) is 67.8 Å². The third-order valence-electron chi connectivity index (χ3n) is 2.13. The van der Waals surface area contributed by atoms with Gasteiger partial charge < -0.3 is 23.5 Å². The van der Waals surface area contributed by atoms with Gasteiger partial charge in [-0.05, 0) is 6.42 Å². The highest BCUT2D eigenvalue weighted by Crippen LogP contribution is 2.38. The largest absolute Gasteiger partial charge is 0.779 e. The number of rotatable bonds is 4. The predicted octanol–water partition coefficient (Wildman–Crippen LogP) is -0.0529. The maximum atomic E-state index is 11.0. The first-order valence-corrected chi connectivity index (χ1v) is 6.74. The summed E-state index contributed by atoms with van der Waals surface area (Å²) in [5.41, 5.74) is 0. The molecule has 0 bridgehead atoms. The lowest BCUT2D eigenvalue weighted by atomic mass is 9.80. The van der Waals surface area contributed by atoms with Gasteiger partial charge in [0.05, 0.1) is 20.6 Å². The van der Waals surface area contributed by atoms with Gasteiger partial charge in [-0.2, -0.15) is 0 Å². The Morgan fingerprint density at radius 1 is 1.67 bits per heavy atom. The lowest BCUT2D eigenvalue weighted by Gasteiger charge is -2.37. The second kappa shape index (κ2) is 5.46. The van der Waals surface area contributed by atoms with E-state index in [9.17, 15) is 9.46 Å². The molecule has 1 aliphatic rings. The lowest BCUT2D eigenvalue weighted by molar-refractivity contribution is -0.209. The molecule has 1 heterocycles. The minimum Gasteiger partial charge on any atom is -0.779 e. The molecule has 0 N–H and O–H groups in total. The van der Waals surface area contributed by atoms with Crippen LogP contribution in [0.15, 0.2) is 0 Å². The van der Waals surface area contributed by atoms with Gasteiger partial charge in [0.2, 0.25) is 0 Å². The van der Waals surface area contributed by atoms with Crippen molar-refractivity contribution in [1.29, 1.82) is 0 Å². The molecule has 0 spiro atoms. The van der Waals surface area contributed by atoms with Gasteiger partial charge >= 0.3 is 0 Å². The molecule has 1 saturated heterocycles. The molecular formula is C8H15BO5P-. The third kappa shape index (κ3) is 4.66. The Kier molecular flexibility index (Phi) is 4.80. The molecular weight excluding hydrogens is 218 g/mol. The van der Waals surface area contributed by atoms with Crippen molar-refractivity contribution in [3.63, 3.8) is 0 Å². The summed E-state index contributed by atoms with van der Waals surface area (Å²) in [7, 11) is 3.43. The summed E-state index contributed by atoms with van der Waals surface area (Å²) in [4.78, 5) is 11.0. The Labute approximate surface area is 91.0 Å². The van der Waals surface area contributed by atoms with E-state index in [1.54, 1.807) is 0 Å². The molecule has 0 aromatic carbocycles. The second-order valence-electron chi connectivity index (χ2n) is 3.74. The van der Waals surface area contributed by atoms with E-state index in [0.29, 0.717) is 19.6 Å². The van der Waals surface area contributed by atoms with Crippen molar-refractivity contribution in [3.05, 3.63) is 0 Å². The summed E-state index contributed by atoms with van der Waals surface area (Å²) in [6, 6.07) is 0. The predicted molar refractivity (Wildman–Crippen MR) is 54.1 cm³/mol. The molecule has 7 heteroatoms. The second-order valence-corrected chi connectivity index (χ2v) is 5.49. The molecule has 5 nitrogen and oxygen atoms in total. The zero-order valence-corrected chi connectivity index (χ0v) is 9.81. The van der Waals surface area contributed by atoms with E-state index < -0.39 is 13.7 Å². The van der Waals surface area contributed by atoms with Crippen molar-refractivity contribution < 1.29 is 23.5 Å². The SMILES string of the molecule is [B][C@H]1COC(COC)C(OP(C)(=O)[O-])C1. The molecule has 2 radical (unpaired) electrons. The highest BCUT2D eigenvalue weighted by molar-refractivity contribution is 7.50. The van der Waals surface area contributed by atoms with Crippen LogP contribution in [0.4, 0.5) is 0 Å². The fourth-order valence-corrected chi connectivity index (χ4v) is 2.26. The first-order chi connectivity index (χ1) is 6.92. The van der Waals surface area contributed by atoms with Crippen molar-refractivity contribution in [2.45, 2.75) is 24.4 Å². The molecule has 4 atom stereocenters. The van der Waals surface area contributed by atoms with Crippen LogP contribution in [0.2, 0.25) is 5.82 Å². The quantitative estimate of drug-likeness (QED) is 0.502. The summed E-state index contributed by atoms with van der Waals surface area (Å²) in [6.07, 6.45) is -0.437. The van der Waals surface area contributed by atoms with Crippen molar-refractivity contribution in [2.75, 3.05) is 27.0 Å². The van der Waals surface area contributed by atoms with E-state index >= 15 is 0 Å². The van der Waals surface area contributed by atoms with Crippen LogP contribution < -0.4 is 4.89 Å². The Bertz CT molecular complexity index is 243. The smallest absolute Gasteiger partial charge is 0.132 e. The molecule has 0 aliphatic carbocycles. The zero-order valence-electron chi connectivity index (χ0n) is 8.92. The summed E-state index contributed by atoms with van der Waals surface area (Å²) in [6.45, 7) is 1.75. The first-order valence-electron chi connectivity index (χ1n) is 4.75. The highest BCUT2D eigenvalue weighted by atomic mass is 31.2. The van der Waals surface area contributed by atoms with E-state index in [1.807, 2.05) is 0 Å². The fourth-order valence-electron chi connectivity index (χ4n) is 1.55. The van der Waals surface area contributed by atoms with Crippen LogP contribution >= 0.6 is 7.60 Å². The highest BCUT2D eigenvalue weighted by Gasteiger charge is 2.31. The zero-order chi connectivity index (χ0) is 11.5. The number of hydrogen-bond donors (Lipinski definition) is 0. The van der Waals surface area contributed by atoms with Crippen molar-refractivity contribution in [1.82, 2.24) is 0 Å². The van der Waals surface area contributed by atoms with Crippen LogP contribution in [-0.2, 0) is 18.6 Å². The standard InChI is InChI=1S/C8H16BO5P/c1-12-5-8-7(14-15(2,10)11)3-6(9)4-13-8/h6-8H,3-5H2,1-2H3,(H,10,11)/p-1/t6-,7?,8?/m1/s1. The molecule has 1 aliphatic heterocycles. The average Bonchev–Trinajstić information content (AvgIpc) is 2.07. The maximum absolute atomic E-state index is 11.0. The lowest BCUT2D eigenvalue weighted by Crippen LogP contribution is -2.41. The Hall–Kier alpha value is 0.135. The minimum atomic E-state index is -3.76. The maximum Gasteiger partial charge on any atom is 0.132 e. The molecule has 0 amide bonds. The van der Waals surface area contributed by atoms with Crippen LogP contribution in [0.25, 0.3) is 0 Å². The van der Waals surface area contributed by atoms with Gasteiger partial charge in [0.15, 0.2) is 0 Å². The molecule has 0 aromatic heterocycles. The Morgan fingerprint density at radius 3 is 2.87 bits per heavy atom. The van der Waals surface area contributed by atoms with Crippen LogP contribution in [0.3, 0.4) is 0 Å². The fraction of sp³-hybridized carbons (Fsp3) is 1.00. The van der Waals surface area contributed by atoms with Gasteiger partial charge in [0, 0.05) is 20.4 Å². The van der Waals surface area contributed by atoms with Crippen molar-refractivity contribution >= 4 is 15.4 Å². The van der Waals surface area contributed by atoms with E-state index in [-0.39, 0.29) is 11.9 Å². The van der Waals surface area contributed by atoms with Gasteiger partial charge in [-0.15, -0.1) is 0 Å². The Balaban J connectivity index is 2.57. The molecule has 1 rings (SSSR count). The van der Waals surface area contributed by atoms with Gasteiger partial charge in [-0.3, -0.25) is 0 Å². The molecule has 86 valence electrons. The Morgan fingerprint density at radius 2 is 2.33 bits per heavy atom. The monoisotopic (exact) mass is 233 g/mol. The van der Waals surface area contributed by atoms with Crippen molar-refractivity contribution in [3.8, 4) is 0 Å². The normalized spacial score (nSPS) is 36.1. The van der Waals surface area contributed by atoms with Gasteiger partial charge in [-0.1, -0.05) is 5.82 Å². The average molecular weight is 233 g/mol. The molecule has 15 heavy (non-hydrogen) atoms. The van der Waals surface area contributed by atoms with Crippen LogP contribution in [0.5, 0.6) is 0 Å². The first kappa shape index (κ1) is 13.2. The van der Waals surface area contributed by atoms with E-state index in [2.05, 4.69) is 0 Å². The number of hydrogen-bond acceptors (Lipinski definition) is 5. The van der Waals surface area contributed by atoms with Crippen LogP contribution in [0, 0.1) is 0 Å². The van der Waals surface area contributed by atoms with E-state index in [1.165, 1.54) is 7.11 Å². The minimum absolute atomic E-state index is 0.186. The van der Waals surface area contributed by atoms with Crippen LogP contribution in [-0.4, -0.2) is 47.0 Å². The molecule has 3 unspecified atom stereocenters. The van der Waals surface area contributed by atoms with Crippen molar-refractivity contribution in [2.24, 2.45) is 0 Å². The van der Waals surface area contributed by atoms with Gasteiger partial charge in [0.25, 0.3) is 0 Å². The molecule has 1 fully saturated rings. The molecule has 0 aromatic rings. The summed E-state index contributed by atoms with van der Waals surface area (Å²) >= 11 is 0. The summed E-state index contributed by atoms with van der Waals surface area (Å²) < 4.78 is 26.2. The van der Waals surface area contributed by atoms with E-state index in [0.717, 1.165) is 6.66 Å².